The van der Waals surface area contributed by atoms with Crippen LogP contribution in [0.3, 0.4) is 0 Å². The Bertz CT molecular complexity index is 741. The van der Waals surface area contributed by atoms with Crippen molar-refractivity contribution in [1.82, 2.24) is 0 Å². The average Bonchev–Trinajstić information content (AvgIpc) is 3.39. The van der Waals surface area contributed by atoms with E-state index < -0.39 is 11.2 Å². The van der Waals surface area contributed by atoms with Crippen LogP contribution in [0.25, 0.3) is 0 Å². The van der Waals surface area contributed by atoms with E-state index in [9.17, 15) is 20.4 Å². The highest BCUT2D eigenvalue weighted by Crippen LogP contribution is 2.77. The predicted octanol–water partition coefficient (Wildman–Crippen LogP) is 2.33. The van der Waals surface area contributed by atoms with Gasteiger partial charge in [0.25, 0.3) is 0 Å². The van der Waals surface area contributed by atoms with Crippen molar-refractivity contribution in [1.29, 1.82) is 0 Å². The maximum Gasteiger partial charge on any atom is 0.134 e. The lowest BCUT2D eigenvalue weighted by atomic mass is 9.40. The molecule has 0 saturated heterocycles. The highest BCUT2D eigenvalue weighted by molar-refractivity contribution is 5.35. The van der Waals surface area contributed by atoms with Crippen molar-refractivity contribution < 1.29 is 20.4 Å². The van der Waals surface area contributed by atoms with Crippen LogP contribution in [0.15, 0.2) is 0 Å². The third-order valence-corrected chi connectivity index (χ3v) is 10.5. The van der Waals surface area contributed by atoms with Gasteiger partial charge in [0.2, 0.25) is 0 Å². The van der Waals surface area contributed by atoms with Crippen molar-refractivity contribution in [3.8, 4) is 11.8 Å². The Morgan fingerprint density at radius 1 is 0.964 bits per heavy atom. The molecule has 5 fully saturated rings. The molecular weight excluding hydrogens is 352 g/mol. The van der Waals surface area contributed by atoms with Gasteiger partial charge in [-0.25, -0.2) is 0 Å². The van der Waals surface area contributed by atoms with Gasteiger partial charge in [-0.3, -0.25) is 0 Å². The van der Waals surface area contributed by atoms with E-state index in [2.05, 4.69) is 32.6 Å². The summed E-state index contributed by atoms with van der Waals surface area (Å²) in [6.45, 7) is 6.50. The summed E-state index contributed by atoms with van der Waals surface area (Å²) in [6.07, 6.45) is 5.78. The number of aliphatic hydroxyl groups excluding tert-OH is 2. The number of aliphatic hydroxyl groups is 4. The molecule has 4 heteroatoms. The van der Waals surface area contributed by atoms with E-state index in [-0.39, 0.29) is 35.4 Å². The fraction of sp³-hybridized carbons (Fsp3) is 0.917. The van der Waals surface area contributed by atoms with Crippen LogP contribution in [0.4, 0.5) is 0 Å². The lowest BCUT2D eigenvalue weighted by molar-refractivity contribution is -0.250. The number of fused-ring (bicyclic) bond motifs is 7. The molecule has 0 aliphatic heterocycles. The van der Waals surface area contributed by atoms with Gasteiger partial charge in [0.1, 0.15) is 12.2 Å². The molecule has 0 aromatic heterocycles. The van der Waals surface area contributed by atoms with Gasteiger partial charge in [0.05, 0.1) is 11.7 Å². The Morgan fingerprint density at radius 3 is 2.36 bits per heavy atom. The van der Waals surface area contributed by atoms with Crippen LogP contribution in [0.2, 0.25) is 0 Å². The summed E-state index contributed by atoms with van der Waals surface area (Å²) in [7, 11) is 0. The first kappa shape index (κ1) is 19.4. The summed E-state index contributed by atoms with van der Waals surface area (Å²) >= 11 is 0. The molecule has 0 bridgehead atoms. The van der Waals surface area contributed by atoms with Gasteiger partial charge in [-0.15, -0.1) is 0 Å². The first-order valence-corrected chi connectivity index (χ1v) is 11.4. The van der Waals surface area contributed by atoms with Gasteiger partial charge in [0, 0.05) is 17.8 Å². The molecule has 0 amide bonds. The molecule has 4 nitrogen and oxygen atoms in total. The van der Waals surface area contributed by atoms with Gasteiger partial charge in [0.15, 0.2) is 0 Å². The molecule has 0 aromatic carbocycles. The van der Waals surface area contributed by atoms with Gasteiger partial charge >= 0.3 is 0 Å². The molecule has 5 saturated carbocycles. The van der Waals surface area contributed by atoms with Crippen LogP contribution in [0.1, 0.15) is 65.7 Å². The second kappa shape index (κ2) is 5.76. The average molecular weight is 389 g/mol. The zero-order valence-electron chi connectivity index (χ0n) is 17.5. The quantitative estimate of drug-likeness (QED) is 0.480. The fourth-order valence-corrected chi connectivity index (χ4v) is 9.07. The first-order valence-electron chi connectivity index (χ1n) is 11.4. The molecule has 0 radical (unpaired) electrons. The topological polar surface area (TPSA) is 80.9 Å². The predicted molar refractivity (Wildman–Crippen MR) is 106 cm³/mol. The molecule has 0 heterocycles. The Balaban J connectivity index is 1.54. The largest absolute Gasteiger partial charge is 0.393 e. The van der Waals surface area contributed by atoms with E-state index in [0.717, 1.165) is 38.5 Å². The van der Waals surface area contributed by atoms with Crippen LogP contribution < -0.4 is 0 Å². The van der Waals surface area contributed by atoms with Crippen molar-refractivity contribution >= 4 is 0 Å². The van der Waals surface area contributed by atoms with Crippen molar-refractivity contribution in [3.63, 3.8) is 0 Å². The van der Waals surface area contributed by atoms with E-state index in [1.807, 2.05) is 0 Å². The van der Waals surface area contributed by atoms with E-state index in [1.54, 1.807) is 0 Å². The Morgan fingerprint density at radius 2 is 1.64 bits per heavy atom. The lowest BCUT2D eigenvalue weighted by Crippen LogP contribution is -2.67. The fourth-order valence-electron chi connectivity index (χ4n) is 9.07. The second-order valence-electron chi connectivity index (χ2n) is 11.4. The zero-order chi connectivity index (χ0) is 20.1. The molecule has 5 aliphatic carbocycles. The van der Waals surface area contributed by atoms with Crippen LogP contribution in [0.5, 0.6) is 0 Å². The maximum atomic E-state index is 11.8. The Labute approximate surface area is 168 Å². The molecule has 0 spiro atoms. The third-order valence-electron chi connectivity index (χ3n) is 10.5. The number of rotatable bonds is 0. The monoisotopic (exact) mass is 388 g/mol. The normalized spacial score (nSPS) is 61.9. The van der Waals surface area contributed by atoms with Crippen molar-refractivity contribution in [2.75, 3.05) is 6.61 Å². The number of hydrogen-bond acceptors (Lipinski definition) is 4. The van der Waals surface area contributed by atoms with Gasteiger partial charge < -0.3 is 20.4 Å². The maximum absolute atomic E-state index is 11.8. The van der Waals surface area contributed by atoms with Gasteiger partial charge in [-0.1, -0.05) is 32.6 Å². The SMILES string of the molecule is C[C@@H]1CC2C3[C@@H]4C[C@@H]4[C@@](O)(C#CCO)[C@@]3(C)CCC2[C@@]2(C)CC[C@H](O)C[C@@]12O. The summed E-state index contributed by atoms with van der Waals surface area (Å²) in [5.74, 6) is 8.23. The summed E-state index contributed by atoms with van der Waals surface area (Å²) < 4.78 is 0. The minimum absolute atomic E-state index is 0.155. The van der Waals surface area contributed by atoms with Crippen LogP contribution >= 0.6 is 0 Å². The smallest absolute Gasteiger partial charge is 0.134 e. The van der Waals surface area contributed by atoms with E-state index in [1.165, 1.54) is 0 Å². The molecule has 156 valence electrons. The highest BCUT2D eigenvalue weighted by Gasteiger charge is 2.77. The third kappa shape index (κ3) is 2.07. The molecule has 11 atom stereocenters. The standard InChI is InChI=1S/C24H36O4/c1-14-11-16-18(21(2)8-5-15(26)13-24(14,21)28)6-9-22(3)20(16)17-12-19(17)23(22,27)7-4-10-25/h14-20,25-28H,5-6,8-13H2,1-3H3/t14-,15+,16?,17-,18?,19+,20?,21-,22+,23+,24-/m1/s1. The van der Waals surface area contributed by atoms with Crippen molar-refractivity contribution in [3.05, 3.63) is 0 Å². The number of hydrogen-bond donors (Lipinski definition) is 4. The molecular formula is C24H36O4. The van der Waals surface area contributed by atoms with E-state index in [0.29, 0.717) is 30.1 Å². The first-order chi connectivity index (χ1) is 13.1. The lowest BCUT2D eigenvalue weighted by Gasteiger charge is -2.66. The van der Waals surface area contributed by atoms with Gasteiger partial charge in [-0.05, 0) is 73.5 Å². The van der Waals surface area contributed by atoms with E-state index in [4.69, 9.17) is 0 Å². The van der Waals surface area contributed by atoms with Crippen LogP contribution in [-0.4, -0.2) is 44.3 Å². The second-order valence-corrected chi connectivity index (χ2v) is 11.4. The minimum Gasteiger partial charge on any atom is -0.393 e. The molecule has 28 heavy (non-hydrogen) atoms. The van der Waals surface area contributed by atoms with Gasteiger partial charge in [-0.2, -0.15) is 0 Å². The van der Waals surface area contributed by atoms with E-state index >= 15 is 0 Å². The zero-order valence-corrected chi connectivity index (χ0v) is 17.5. The molecule has 3 unspecified atom stereocenters. The molecule has 5 rings (SSSR count). The molecule has 5 aliphatic rings. The Kier molecular flexibility index (Phi) is 3.98. The Hall–Kier alpha value is -0.600. The van der Waals surface area contributed by atoms with Crippen LogP contribution in [-0.2, 0) is 0 Å². The summed E-state index contributed by atoms with van der Waals surface area (Å²) in [6, 6.07) is 0. The van der Waals surface area contributed by atoms with Crippen molar-refractivity contribution in [2.24, 2.45) is 46.3 Å². The van der Waals surface area contributed by atoms with Crippen LogP contribution in [0, 0.1) is 58.2 Å². The minimum atomic E-state index is -0.976. The molecule has 0 aromatic rings. The highest BCUT2D eigenvalue weighted by atomic mass is 16.3. The molecule has 4 N–H and O–H groups in total. The summed E-state index contributed by atoms with van der Waals surface area (Å²) in [5, 5.41) is 43.0. The van der Waals surface area contributed by atoms with Crippen molar-refractivity contribution in [2.45, 2.75) is 83.0 Å². The summed E-state index contributed by atoms with van der Waals surface area (Å²) in [4.78, 5) is 0. The summed E-state index contributed by atoms with van der Waals surface area (Å²) in [5.41, 5.74) is -2.13.